The van der Waals surface area contributed by atoms with Crippen molar-refractivity contribution in [2.24, 2.45) is 5.41 Å². The van der Waals surface area contributed by atoms with Gasteiger partial charge in [-0.1, -0.05) is 48.8 Å². The third kappa shape index (κ3) is 2.37. The fraction of sp³-hybridized carbons (Fsp3) is 0.600. The van der Waals surface area contributed by atoms with E-state index in [0.29, 0.717) is 10.9 Å². The molecule has 0 bridgehead atoms. The highest BCUT2D eigenvalue weighted by Crippen LogP contribution is 2.50. The molecule has 0 aromatic heterocycles. The Kier molecular flexibility index (Phi) is 3.82. The Hall–Kier alpha value is -0.500. The maximum absolute atomic E-state index is 6.14. The first-order chi connectivity index (χ1) is 8.10. The van der Waals surface area contributed by atoms with Gasteiger partial charge >= 0.3 is 0 Å². The van der Waals surface area contributed by atoms with Crippen LogP contribution in [0.3, 0.4) is 0 Å². The Morgan fingerprint density at radius 2 is 2.18 bits per heavy atom. The van der Waals surface area contributed by atoms with Gasteiger partial charge in [0.2, 0.25) is 0 Å². The highest BCUT2D eigenvalue weighted by molar-refractivity contribution is 9.09. The minimum Gasteiger partial charge on any atom is -0.490 e. The molecule has 94 valence electrons. The minimum atomic E-state index is 0.280. The lowest BCUT2D eigenvalue weighted by Gasteiger charge is -2.50. The zero-order valence-electron chi connectivity index (χ0n) is 10.9. The number of hydrogen-bond acceptors (Lipinski definition) is 1. The molecule has 1 aliphatic carbocycles. The van der Waals surface area contributed by atoms with E-state index >= 15 is 0 Å². The Labute approximate surface area is 113 Å². The molecule has 2 rings (SSSR count). The largest absolute Gasteiger partial charge is 0.490 e. The van der Waals surface area contributed by atoms with E-state index in [0.717, 1.165) is 25.0 Å². The number of benzene rings is 1. The van der Waals surface area contributed by atoms with Gasteiger partial charge in [0.15, 0.2) is 0 Å². The predicted molar refractivity (Wildman–Crippen MR) is 76.0 cm³/mol. The van der Waals surface area contributed by atoms with Gasteiger partial charge in [-0.2, -0.15) is 0 Å². The van der Waals surface area contributed by atoms with E-state index in [-0.39, 0.29) is 5.41 Å². The van der Waals surface area contributed by atoms with Crippen LogP contribution in [0.5, 0.6) is 5.75 Å². The molecule has 0 amide bonds. The van der Waals surface area contributed by atoms with E-state index < -0.39 is 0 Å². The van der Waals surface area contributed by atoms with Gasteiger partial charge in [0.25, 0.3) is 0 Å². The number of hydrogen-bond donors (Lipinski definition) is 0. The summed E-state index contributed by atoms with van der Waals surface area (Å²) in [6.45, 7) is 6.73. The molecule has 0 saturated heterocycles. The molecular weight excluding hydrogens is 276 g/mol. The summed E-state index contributed by atoms with van der Waals surface area (Å²) in [5, 5.41) is 0. The van der Waals surface area contributed by atoms with Gasteiger partial charge in [0, 0.05) is 10.2 Å². The molecule has 3 unspecified atom stereocenters. The fourth-order valence-electron chi connectivity index (χ4n) is 2.40. The summed E-state index contributed by atoms with van der Waals surface area (Å²) in [6.07, 6.45) is 3.68. The first-order valence-corrected chi connectivity index (χ1v) is 7.41. The average Bonchev–Trinajstić information content (AvgIpc) is 2.37. The molecule has 1 nitrogen and oxygen atoms in total. The van der Waals surface area contributed by atoms with E-state index in [1.807, 2.05) is 0 Å². The SMILES string of the molecule is CCc1cccc(OC2CC(Br)C2(C)CC)c1. The van der Waals surface area contributed by atoms with E-state index in [1.54, 1.807) is 0 Å². The maximum Gasteiger partial charge on any atom is 0.120 e. The molecule has 0 spiro atoms. The smallest absolute Gasteiger partial charge is 0.120 e. The van der Waals surface area contributed by atoms with Crippen LogP contribution in [0.1, 0.15) is 39.2 Å². The maximum atomic E-state index is 6.14. The van der Waals surface area contributed by atoms with Crippen LogP contribution < -0.4 is 4.74 Å². The molecule has 3 atom stereocenters. The van der Waals surface area contributed by atoms with Gasteiger partial charge in [-0.25, -0.2) is 0 Å². The van der Waals surface area contributed by atoms with Gasteiger partial charge in [-0.15, -0.1) is 0 Å². The lowest BCUT2D eigenvalue weighted by atomic mass is 9.65. The van der Waals surface area contributed by atoms with Crippen LogP contribution in [-0.2, 0) is 6.42 Å². The number of ether oxygens (including phenoxy) is 1. The lowest BCUT2D eigenvalue weighted by Crippen LogP contribution is -2.54. The van der Waals surface area contributed by atoms with E-state index in [4.69, 9.17) is 4.74 Å². The third-order valence-corrected chi connectivity index (χ3v) is 5.64. The molecule has 0 N–H and O–H groups in total. The number of rotatable bonds is 4. The molecule has 0 aliphatic heterocycles. The minimum absolute atomic E-state index is 0.280. The number of alkyl halides is 1. The molecule has 1 saturated carbocycles. The van der Waals surface area contributed by atoms with Crippen molar-refractivity contribution >= 4 is 15.9 Å². The molecular formula is C15H21BrO. The second-order valence-electron chi connectivity index (χ2n) is 5.17. The van der Waals surface area contributed by atoms with E-state index in [1.165, 1.54) is 5.56 Å². The molecule has 0 heterocycles. The normalized spacial score (nSPS) is 32.0. The van der Waals surface area contributed by atoms with Crippen molar-refractivity contribution in [3.05, 3.63) is 29.8 Å². The molecule has 0 radical (unpaired) electrons. The zero-order valence-corrected chi connectivity index (χ0v) is 12.5. The van der Waals surface area contributed by atoms with Gasteiger partial charge in [-0.05, 0) is 37.0 Å². The third-order valence-electron chi connectivity index (χ3n) is 4.22. The summed E-state index contributed by atoms with van der Waals surface area (Å²) >= 11 is 3.74. The van der Waals surface area contributed by atoms with Crippen molar-refractivity contribution < 1.29 is 4.74 Å². The quantitative estimate of drug-likeness (QED) is 0.739. The Bertz CT molecular complexity index is 390. The molecule has 1 aromatic rings. The summed E-state index contributed by atoms with van der Waals surface area (Å²) in [7, 11) is 0. The Morgan fingerprint density at radius 3 is 2.76 bits per heavy atom. The summed E-state index contributed by atoms with van der Waals surface area (Å²) in [4.78, 5) is 0.597. The van der Waals surface area contributed by atoms with Gasteiger partial charge < -0.3 is 4.74 Å². The van der Waals surface area contributed by atoms with Crippen molar-refractivity contribution in [1.29, 1.82) is 0 Å². The molecule has 1 aliphatic rings. The number of aryl methyl sites for hydroxylation is 1. The zero-order chi connectivity index (χ0) is 12.5. The van der Waals surface area contributed by atoms with Crippen molar-refractivity contribution in [3.8, 4) is 5.75 Å². The Morgan fingerprint density at radius 1 is 1.41 bits per heavy atom. The second kappa shape index (κ2) is 5.01. The van der Waals surface area contributed by atoms with E-state index in [9.17, 15) is 0 Å². The average molecular weight is 297 g/mol. The first-order valence-electron chi connectivity index (χ1n) is 6.49. The summed E-state index contributed by atoms with van der Waals surface area (Å²) in [5.74, 6) is 1.02. The van der Waals surface area contributed by atoms with Crippen molar-refractivity contribution in [1.82, 2.24) is 0 Å². The van der Waals surface area contributed by atoms with Crippen LogP contribution >= 0.6 is 15.9 Å². The summed E-state index contributed by atoms with van der Waals surface area (Å²) < 4.78 is 6.14. The van der Waals surface area contributed by atoms with Gasteiger partial charge in [0.1, 0.15) is 11.9 Å². The predicted octanol–water partition coefficient (Wildman–Crippen LogP) is 4.58. The fourth-order valence-corrected chi connectivity index (χ4v) is 3.36. The summed E-state index contributed by atoms with van der Waals surface area (Å²) in [5.41, 5.74) is 1.62. The van der Waals surface area contributed by atoms with Gasteiger partial charge in [-0.3, -0.25) is 0 Å². The van der Waals surface area contributed by atoms with Crippen LogP contribution in [0.25, 0.3) is 0 Å². The highest BCUT2D eigenvalue weighted by atomic mass is 79.9. The lowest BCUT2D eigenvalue weighted by molar-refractivity contribution is -0.0243. The van der Waals surface area contributed by atoms with Gasteiger partial charge in [0.05, 0.1) is 0 Å². The van der Waals surface area contributed by atoms with Crippen LogP contribution in [0, 0.1) is 5.41 Å². The second-order valence-corrected chi connectivity index (χ2v) is 6.28. The highest BCUT2D eigenvalue weighted by Gasteiger charge is 2.50. The molecule has 17 heavy (non-hydrogen) atoms. The molecule has 2 heteroatoms. The standard InChI is InChI=1S/C15H21BrO/c1-4-11-7-6-8-12(9-11)17-14-10-13(16)15(14,3)5-2/h6-9,13-14H,4-5,10H2,1-3H3. The van der Waals surface area contributed by atoms with Crippen molar-refractivity contribution in [3.63, 3.8) is 0 Å². The first kappa shape index (κ1) is 12.9. The van der Waals surface area contributed by atoms with Crippen molar-refractivity contribution in [2.45, 2.75) is 51.0 Å². The van der Waals surface area contributed by atoms with Crippen LogP contribution in [0.15, 0.2) is 24.3 Å². The van der Waals surface area contributed by atoms with Crippen molar-refractivity contribution in [2.75, 3.05) is 0 Å². The monoisotopic (exact) mass is 296 g/mol. The number of halogens is 1. The Balaban J connectivity index is 2.06. The summed E-state index contributed by atoms with van der Waals surface area (Å²) in [6, 6.07) is 8.47. The topological polar surface area (TPSA) is 9.23 Å². The van der Waals surface area contributed by atoms with Crippen LogP contribution in [-0.4, -0.2) is 10.9 Å². The van der Waals surface area contributed by atoms with Crippen LogP contribution in [0.4, 0.5) is 0 Å². The molecule has 1 aromatic carbocycles. The van der Waals surface area contributed by atoms with E-state index in [2.05, 4.69) is 61.0 Å². The van der Waals surface area contributed by atoms with Crippen LogP contribution in [0.2, 0.25) is 0 Å². The molecule has 1 fully saturated rings.